The second kappa shape index (κ2) is 12.2. The van der Waals surface area contributed by atoms with Crippen LogP contribution in [0, 0.1) is 0 Å². The predicted molar refractivity (Wildman–Crippen MR) is 141 cm³/mol. The van der Waals surface area contributed by atoms with Crippen LogP contribution < -0.4 is 10.7 Å². The molecule has 0 radical (unpaired) electrons. The monoisotopic (exact) mass is 506 g/mol. The van der Waals surface area contributed by atoms with Crippen molar-refractivity contribution in [1.29, 1.82) is 0 Å². The Hall–Kier alpha value is -3.82. The van der Waals surface area contributed by atoms with Gasteiger partial charge in [-0.15, -0.1) is 0 Å². The molecule has 0 unspecified atom stereocenters. The first-order chi connectivity index (χ1) is 17.1. The molecule has 0 saturated heterocycles. The molecule has 0 heterocycles. The minimum Gasteiger partial charge on any atom is -0.326 e. The number of benzene rings is 3. The highest BCUT2D eigenvalue weighted by Crippen LogP contribution is 2.20. The Kier molecular flexibility index (Phi) is 9.10. The fourth-order valence-corrected chi connectivity index (χ4v) is 4.80. The van der Waals surface area contributed by atoms with Crippen molar-refractivity contribution >= 4 is 33.7 Å². The average Bonchev–Trinajstić information content (AvgIpc) is 2.84. The Balaban J connectivity index is 1.75. The van der Waals surface area contributed by atoms with E-state index in [2.05, 4.69) is 29.7 Å². The van der Waals surface area contributed by atoms with E-state index in [-0.39, 0.29) is 17.3 Å². The van der Waals surface area contributed by atoms with Crippen LogP contribution in [0.15, 0.2) is 88.9 Å². The largest absolute Gasteiger partial charge is 0.326 e. The molecule has 0 aliphatic heterocycles. The van der Waals surface area contributed by atoms with Crippen LogP contribution in [0.3, 0.4) is 0 Å². The molecular weight excluding hydrogens is 476 g/mol. The van der Waals surface area contributed by atoms with Gasteiger partial charge < -0.3 is 5.32 Å². The number of hydrazone groups is 1. The van der Waals surface area contributed by atoms with E-state index >= 15 is 0 Å². The van der Waals surface area contributed by atoms with Crippen molar-refractivity contribution in [1.82, 2.24) is 9.73 Å². The van der Waals surface area contributed by atoms with Crippen molar-refractivity contribution in [3.63, 3.8) is 0 Å². The molecule has 0 spiro atoms. The molecule has 0 bridgehead atoms. The van der Waals surface area contributed by atoms with E-state index in [1.165, 1.54) is 43.0 Å². The van der Waals surface area contributed by atoms with Gasteiger partial charge in [0.2, 0.25) is 15.9 Å². The maximum absolute atomic E-state index is 13.4. The standard InChI is InChI=1S/C27H30N4O4S/c1-20(2)24-11-9-22(10-12-24)17-28-30-27(33)19-31(18-23-7-5-4-6-8-23)36(34,35)26-15-13-25(14-16-26)29-21(3)32/h4-17,20H,18-19H2,1-3H3,(H,29,32)(H,30,33). The third kappa shape index (κ3) is 7.59. The van der Waals surface area contributed by atoms with Gasteiger partial charge in [-0.1, -0.05) is 68.4 Å². The van der Waals surface area contributed by atoms with Gasteiger partial charge in [0.05, 0.1) is 17.7 Å². The lowest BCUT2D eigenvalue weighted by molar-refractivity contribution is -0.121. The normalized spacial score (nSPS) is 11.7. The zero-order chi connectivity index (χ0) is 26.1. The third-order valence-electron chi connectivity index (χ3n) is 5.34. The fraction of sp³-hybridized carbons (Fsp3) is 0.222. The Labute approximate surface area is 212 Å². The summed E-state index contributed by atoms with van der Waals surface area (Å²) < 4.78 is 27.9. The van der Waals surface area contributed by atoms with Crippen molar-refractivity contribution in [2.75, 3.05) is 11.9 Å². The number of nitrogens with one attached hydrogen (secondary N) is 2. The number of carbonyl (C=O) groups is 2. The number of carbonyl (C=O) groups excluding carboxylic acids is 2. The van der Waals surface area contributed by atoms with Crippen LogP contribution in [-0.4, -0.2) is 37.3 Å². The molecule has 9 heteroatoms. The summed E-state index contributed by atoms with van der Waals surface area (Å²) in [5.41, 5.74) is 5.64. The van der Waals surface area contributed by atoms with Gasteiger partial charge in [0.25, 0.3) is 5.91 Å². The molecule has 2 amide bonds. The molecule has 188 valence electrons. The summed E-state index contributed by atoms with van der Waals surface area (Å²) in [6.07, 6.45) is 1.51. The van der Waals surface area contributed by atoms with Crippen molar-refractivity contribution in [3.05, 3.63) is 95.6 Å². The number of nitrogens with zero attached hydrogens (tertiary/aromatic N) is 2. The molecule has 3 aromatic carbocycles. The molecule has 0 aliphatic rings. The first-order valence-electron chi connectivity index (χ1n) is 11.5. The lowest BCUT2D eigenvalue weighted by atomic mass is 10.0. The van der Waals surface area contributed by atoms with Crippen LogP contribution in [-0.2, 0) is 26.2 Å². The van der Waals surface area contributed by atoms with Crippen LogP contribution in [0.1, 0.15) is 43.4 Å². The van der Waals surface area contributed by atoms with Crippen molar-refractivity contribution in [2.24, 2.45) is 5.10 Å². The highest BCUT2D eigenvalue weighted by atomic mass is 32.2. The van der Waals surface area contributed by atoms with Gasteiger partial charge >= 0.3 is 0 Å². The average molecular weight is 507 g/mol. The summed E-state index contributed by atoms with van der Waals surface area (Å²) in [6.45, 7) is 5.17. The molecule has 0 fully saturated rings. The van der Waals surface area contributed by atoms with E-state index in [9.17, 15) is 18.0 Å². The summed E-state index contributed by atoms with van der Waals surface area (Å²) in [6, 6.07) is 22.6. The van der Waals surface area contributed by atoms with E-state index in [4.69, 9.17) is 0 Å². The highest BCUT2D eigenvalue weighted by molar-refractivity contribution is 7.89. The number of hydrogen-bond donors (Lipinski definition) is 2. The Morgan fingerprint density at radius 2 is 1.58 bits per heavy atom. The summed E-state index contributed by atoms with van der Waals surface area (Å²) in [5.74, 6) is -0.418. The Bertz CT molecular complexity index is 1300. The molecule has 0 aliphatic carbocycles. The molecule has 0 aromatic heterocycles. The van der Waals surface area contributed by atoms with Gasteiger partial charge in [-0.25, -0.2) is 13.8 Å². The molecule has 3 aromatic rings. The summed E-state index contributed by atoms with van der Waals surface area (Å²) in [4.78, 5) is 23.9. The third-order valence-corrected chi connectivity index (χ3v) is 7.15. The lowest BCUT2D eigenvalue weighted by Gasteiger charge is -2.21. The fourth-order valence-electron chi connectivity index (χ4n) is 3.42. The van der Waals surface area contributed by atoms with Gasteiger partial charge in [-0.05, 0) is 46.9 Å². The topological polar surface area (TPSA) is 108 Å². The van der Waals surface area contributed by atoms with E-state index in [0.717, 1.165) is 15.4 Å². The van der Waals surface area contributed by atoms with Gasteiger partial charge in [0, 0.05) is 19.2 Å². The van der Waals surface area contributed by atoms with Crippen molar-refractivity contribution in [2.45, 2.75) is 38.1 Å². The first-order valence-corrected chi connectivity index (χ1v) is 12.9. The maximum atomic E-state index is 13.4. The smallest absolute Gasteiger partial charge is 0.255 e. The zero-order valence-corrected chi connectivity index (χ0v) is 21.3. The molecule has 0 atom stereocenters. The van der Waals surface area contributed by atoms with E-state index < -0.39 is 22.5 Å². The van der Waals surface area contributed by atoms with Crippen molar-refractivity contribution in [3.8, 4) is 0 Å². The molecule has 36 heavy (non-hydrogen) atoms. The molecule has 2 N–H and O–H groups in total. The van der Waals surface area contributed by atoms with E-state index in [1.54, 1.807) is 24.3 Å². The zero-order valence-electron chi connectivity index (χ0n) is 20.5. The number of amides is 2. The van der Waals surface area contributed by atoms with E-state index in [0.29, 0.717) is 11.6 Å². The van der Waals surface area contributed by atoms with Crippen LogP contribution in [0.5, 0.6) is 0 Å². The number of anilines is 1. The number of hydrogen-bond acceptors (Lipinski definition) is 5. The first kappa shape index (κ1) is 26.8. The summed E-state index contributed by atoms with van der Waals surface area (Å²) in [7, 11) is -4.02. The van der Waals surface area contributed by atoms with Crippen LogP contribution >= 0.6 is 0 Å². The summed E-state index contributed by atoms with van der Waals surface area (Å²) >= 11 is 0. The van der Waals surface area contributed by atoms with E-state index in [1.807, 2.05) is 30.3 Å². The maximum Gasteiger partial charge on any atom is 0.255 e. The minimum absolute atomic E-state index is 0.00438. The van der Waals surface area contributed by atoms with Gasteiger partial charge in [0.1, 0.15) is 0 Å². The summed E-state index contributed by atoms with van der Waals surface area (Å²) in [5, 5.41) is 6.59. The minimum atomic E-state index is -4.02. The second-order valence-electron chi connectivity index (χ2n) is 8.58. The SMILES string of the molecule is CC(=O)Nc1ccc(S(=O)(=O)N(CC(=O)NN=Cc2ccc(C(C)C)cc2)Cc2ccccc2)cc1. The van der Waals surface area contributed by atoms with Crippen LogP contribution in [0.2, 0.25) is 0 Å². The quantitative estimate of drug-likeness (QED) is 0.319. The van der Waals surface area contributed by atoms with Gasteiger partial charge in [0.15, 0.2) is 0 Å². The predicted octanol–water partition coefficient (Wildman–Crippen LogP) is 4.11. The van der Waals surface area contributed by atoms with Gasteiger partial charge in [-0.3, -0.25) is 9.59 Å². The molecule has 3 rings (SSSR count). The molecular formula is C27H30N4O4S. The van der Waals surface area contributed by atoms with Crippen molar-refractivity contribution < 1.29 is 18.0 Å². The van der Waals surface area contributed by atoms with Crippen LogP contribution in [0.4, 0.5) is 5.69 Å². The highest BCUT2D eigenvalue weighted by Gasteiger charge is 2.27. The Morgan fingerprint density at radius 1 is 0.944 bits per heavy atom. The number of rotatable bonds is 10. The lowest BCUT2D eigenvalue weighted by Crippen LogP contribution is -2.39. The van der Waals surface area contributed by atoms with Crippen LogP contribution in [0.25, 0.3) is 0 Å². The molecule has 0 saturated carbocycles. The second-order valence-corrected chi connectivity index (χ2v) is 10.5. The number of sulfonamides is 1. The molecule has 8 nitrogen and oxygen atoms in total. The Morgan fingerprint density at radius 3 is 2.17 bits per heavy atom. The van der Waals surface area contributed by atoms with Gasteiger partial charge in [-0.2, -0.15) is 9.41 Å².